The Balaban J connectivity index is 2.08. The molecule has 0 radical (unpaired) electrons. The summed E-state index contributed by atoms with van der Waals surface area (Å²) in [4.78, 5) is 13.9. The minimum Gasteiger partial charge on any atom is -0.391 e. The van der Waals surface area contributed by atoms with Gasteiger partial charge in [0.25, 0.3) is 5.91 Å². The van der Waals surface area contributed by atoms with Gasteiger partial charge in [-0.2, -0.15) is 0 Å². The number of rotatable bonds is 3. The van der Waals surface area contributed by atoms with Crippen LogP contribution in [0.5, 0.6) is 0 Å². The maximum Gasteiger partial charge on any atom is 0.274 e. The number of carbonyl (C=O) groups excluding carboxylic acids is 1. The van der Waals surface area contributed by atoms with Gasteiger partial charge in [0.1, 0.15) is 5.82 Å². The van der Waals surface area contributed by atoms with E-state index in [1.807, 2.05) is 0 Å². The summed E-state index contributed by atoms with van der Waals surface area (Å²) in [5.41, 5.74) is 0.305. The van der Waals surface area contributed by atoms with Gasteiger partial charge >= 0.3 is 0 Å². The van der Waals surface area contributed by atoms with Crippen molar-refractivity contribution in [1.29, 1.82) is 0 Å². The first kappa shape index (κ1) is 13.7. The summed E-state index contributed by atoms with van der Waals surface area (Å²) in [5.74, 6) is 0.429. The number of nitrogens with zero attached hydrogens (tertiary/aromatic N) is 3. The van der Waals surface area contributed by atoms with Gasteiger partial charge < -0.3 is 15.3 Å². The van der Waals surface area contributed by atoms with E-state index in [0.717, 1.165) is 25.7 Å². The minimum absolute atomic E-state index is 0.118. The number of aliphatic hydroxyl groups is 1. The number of hydrogen-bond acceptors (Lipinski definition) is 5. The molecular weight excluding hydrogens is 244 g/mol. The van der Waals surface area contributed by atoms with Crippen LogP contribution in [0.15, 0.2) is 12.1 Å². The Labute approximate surface area is 112 Å². The Morgan fingerprint density at radius 3 is 2.68 bits per heavy atom. The first-order valence-electron chi connectivity index (χ1n) is 6.60. The third-order valence-corrected chi connectivity index (χ3v) is 3.65. The average Bonchev–Trinajstić information content (AvgIpc) is 2.46. The van der Waals surface area contributed by atoms with Gasteiger partial charge in [-0.15, -0.1) is 10.2 Å². The van der Waals surface area contributed by atoms with Crippen molar-refractivity contribution in [2.24, 2.45) is 0 Å². The first-order chi connectivity index (χ1) is 9.13. The fourth-order valence-corrected chi connectivity index (χ4v) is 2.45. The highest BCUT2D eigenvalue weighted by molar-refractivity contribution is 5.92. The molecule has 1 heterocycles. The molecular formula is C13H20N4O2. The Morgan fingerprint density at radius 2 is 2.11 bits per heavy atom. The molecule has 1 amide bonds. The molecule has 0 bridgehead atoms. The van der Waals surface area contributed by atoms with Gasteiger partial charge in [-0.25, -0.2) is 0 Å². The maximum absolute atomic E-state index is 12.3. The van der Waals surface area contributed by atoms with Crippen molar-refractivity contribution in [2.45, 2.75) is 37.8 Å². The van der Waals surface area contributed by atoms with Crippen LogP contribution in [0.4, 0.5) is 5.82 Å². The number of hydrogen-bond donors (Lipinski definition) is 2. The second-order valence-corrected chi connectivity index (χ2v) is 4.89. The lowest BCUT2D eigenvalue weighted by atomic mass is 9.91. The second-order valence-electron chi connectivity index (χ2n) is 4.89. The van der Waals surface area contributed by atoms with Crippen LogP contribution in [0.1, 0.15) is 36.2 Å². The molecule has 0 spiro atoms. The van der Waals surface area contributed by atoms with Gasteiger partial charge in [-0.1, -0.05) is 12.8 Å². The topological polar surface area (TPSA) is 78.4 Å². The zero-order valence-electron chi connectivity index (χ0n) is 11.3. The van der Waals surface area contributed by atoms with Gasteiger partial charge in [-0.3, -0.25) is 4.79 Å². The quantitative estimate of drug-likeness (QED) is 0.848. The number of carbonyl (C=O) groups is 1. The Bertz CT molecular complexity index is 435. The smallest absolute Gasteiger partial charge is 0.274 e. The molecule has 0 saturated heterocycles. The highest BCUT2D eigenvalue weighted by atomic mass is 16.3. The molecule has 19 heavy (non-hydrogen) atoms. The lowest BCUT2D eigenvalue weighted by molar-refractivity contribution is 0.0264. The van der Waals surface area contributed by atoms with Crippen LogP contribution >= 0.6 is 0 Å². The molecule has 2 N–H and O–H groups in total. The van der Waals surface area contributed by atoms with Crippen LogP contribution in [-0.4, -0.2) is 52.4 Å². The number of aliphatic hydroxyl groups excluding tert-OH is 1. The third-order valence-electron chi connectivity index (χ3n) is 3.65. The van der Waals surface area contributed by atoms with Gasteiger partial charge in [0, 0.05) is 14.1 Å². The lowest BCUT2D eigenvalue weighted by Gasteiger charge is -2.34. The zero-order chi connectivity index (χ0) is 13.8. The summed E-state index contributed by atoms with van der Waals surface area (Å²) in [6, 6.07) is 3.24. The van der Waals surface area contributed by atoms with Crippen LogP contribution in [0.2, 0.25) is 0 Å². The summed E-state index contributed by atoms with van der Waals surface area (Å²) < 4.78 is 0. The standard InChI is InChI=1S/C13H20N4O2/c1-14-12-8-7-9(15-16-12)13(19)17(2)10-5-3-4-6-11(10)18/h7-8,10-11,18H,3-6H2,1-2H3,(H,14,16). The molecule has 1 aromatic rings. The second kappa shape index (κ2) is 5.97. The van der Waals surface area contributed by atoms with Crippen molar-refractivity contribution in [2.75, 3.05) is 19.4 Å². The van der Waals surface area contributed by atoms with E-state index in [1.165, 1.54) is 0 Å². The molecule has 0 aliphatic heterocycles. The van der Waals surface area contributed by atoms with E-state index in [9.17, 15) is 9.90 Å². The first-order valence-corrected chi connectivity index (χ1v) is 6.60. The molecule has 104 valence electrons. The zero-order valence-corrected chi connectivity index (χ0v) is 11.3. The van der Waals surface area contributed by atoms with Crippen molar-refractivity contribution in [3.05, 3.63) is 17.8 Å². The van der Waals surface area contributed by atoms with E-state index in [0.29, 0.717) is 11.5 Å². The molecule has 2 unspecified atom stereocenters. The number of nitrogens with one attached hydrogen (secondary N) is 1. The highest BCUT2D eigenvalue weighted by Gasteiger charge is 2.30. The van der Waals surface area contributed by atoms with Crippen molar-refractivity contribution < 1.29 is 9.90 Å². The Morgan fingerprint density at radius 1 is 1.37 bits per heavy atom. The molecule has 2 rings (SSSR count). The number of likely N-dealkylation sites (N-methyl/N-ethyl adjacent to an activating group) is 1. The van der Waals surface area contributed by atoms with Gasteiger partial charge in [-0.05, 0) is 25.0 Å². The van der Waals surface area contributed by atoms with E-state index in [2.05, 4.69) is 15.5 Å². The van der Waals surface area contributed by atoms with Crippen LogP contribution in [0.25, 0.3) is 0 Å². The van der Waals surface area contributed by atoms with Crippen molar-refractivity contribution in [3.8, 4) is 0 Å². The van der Waals surface area contributed by atoms with E-state index in [4.69, 9.17) is 0 Å². The summed E-state index contributed by atoms with van der Waals surface area (Å²) in [6.45, 7) is 0. The van der Waals surface area contributed by atoms with Gasteiger partial charge in [0.2, 0.25) is 0 Å². The fraction of sp³-hybridized carbons (Fsp3) is 0.615. The summed E-state index contributed by atoms with van der Waals surface area (Å²) >= 11 is 0. The van der Waals surface area contributed by atoms with Crippen molar-refractivity contribution in [1.82, 2.24) is 15.1 Å². The normalized spacial score (nSPS) is 22.9. The van der Waals surface area contributed by atoms with E-state index < -0.39 is 6.10 Å². The largest absolute Gasteiger partial charge is 0.391 e. The average molecular weight is 264 g/mol. The Hall–Kier alpha value is -1.69. The molecule has 6 nitrogen and oxygen atoms in total. The summed E-state index contributed by atoms with van der Waals surface area (Å²) in [5, 5.41) is 20.6. The number of aromatic nitrogens is 2. The van der Waals surface area contributed by atoms with Crippen LogP contribution < -0.4 is 5.32 Å². The van der Waals surface area contributed by atoms with Crippen molar-refractivity contribution >= 4 is 11.7 Å². The fourth-order valence-electron chi connectivity index (χ4n) is 2.45. The van der Waals surface area contributed by atoms with Crippen molar-refractivity contribution in [3.63, 3.8) is 0 Å². The van der Waals surface area contributed by atoms with Gasteiger partial charge in [0.05, 0.1) is 12.1 Å². The molecule has 6 heteroatoms. The van der Waals surface area contributed by atoms with E-state index >= 15 is 0 Å². The Kier molecular flexibility index (Phi) is 4.31. The molecule has 1 aliphatic carbocycles. The molecule has 1 aromatic heterocycles. The predicted octanol–water partition coefficient (Wildman–Crippen LogP) is 0.894. The van der Waals surface area contributed by atoms with Crippen LogP contribution in [0, 0.1) is 0 Å². The van der Waals surface area contributed by atoms with Gasteiger partial charge in [0.15, 0.2) is 5.69 Å². The molecule has 1 fully saturated rings. The highest BCUT2D eigenvalue weighted by Crippen LogP contribution is 2.23. The predicted molar refractivity (Wildman–Crippen MR) is 71.9 cm³/mol. The molecule has 1 aliphatic rings. The van der Waals surface area contributed by atoms with Crippen LogP contribution in [0.3, 0.4) is 0 Å². The summed E-state index contributed by atoms with van der Waals surface area (Å²) in [7, 11) is 3.46. The third kappa shape index (κ3) is 3.01. The molecule has 1 saturated carbocycles. The van der Waals surface area contributed by atoms with E-state index in [1.54, 1.807) is 31.1 Å². The number of anilines is 1. The molecule has 2 atom stereocenters. The van der Waals surface area contributed by atoms with E-state index in [-0.39, 0.29) is 11.9 Å². The minimum atomic E-state index is -0.438. The summed E-state index contributed by atoms with van der Waals surface area (Å²) in [6.07, 6.45) is 3.23. The maximum atomic E-state index is 12.3. The molecule has 0 aromatic carbocycles. The van der Waals surface area contributed by atoms with Crippen LogP contribution in [-0.2, 0) is 0 Å². The SMILES string of the molecule is CNc1ccc(C(=O)N(C)C2CCCCC2O)nn1. The monoisotopic (exact) mass is 264 g/mol. The lowest BCUT2D eigenvalue weighted by Crippen LogP contribution is -2.46. The number of amides is 1.